The van der Waals surface area contributed by atoms with Crippen LogP contribution in [0.5, 0.6) is 0 Å². The zero-order chi connectivity index (χ0) is 23.3. The molecule has 0 radical (unpaired) electrons. The van der Waals surface area contributed by atoms with Crippen molar-refractivity contribution in [3.05, 3.63) is 76.1 Å². The predicted molar refractivity (Wildman–Crippen MR) is 127 cm³/mol. The molecule has 2 aromatic rings. The maximum atomic E-state index is 15.8. The molecular formula is C27H28FN3O2. The van der Waals surface area contributed by atoms with Crippen LogP contribution in [-0.4, -0.2) is 48.3 Å². The first-order valence-corrected chi connectivity index (χ1v) is 11.5. The van der Waals surface area contributed by atoms with Gasteiger partial charge in [0.05, 0.1) is 0 Å². The van der Waals surface area contributed by atoms with Crippen LogP contribution in [0.25, 0.3) is 16.7 Å². The average molecular weight is 446 g/mol. The largest absolute Gasteiger partial charge is 0.366 e. The van der Waals surface area contributed by atoms with Crippen LogP contribution in [0.4, 0.5) is 4.39 Å². The van der Waals surface area contributed by atoms with Crippen molar-refractivity contribution in [2.75, 3.05) is 26.7 Å². The van der Waals surface area contributed by atoms with E-state index in [-0.39, 0.29) is 5.91 Å². The Morgan fingerprint density at radius 1 is 1.09 bits per heavy atom. The van der Waals surface area contributed by atoms with Crippen molar-refractivity contribution < 1.29 is 14.0 Å². The highest BCUT2D eigenvalue weighted by Gasteiger charge is 2.33. The molecule has 2 N–H and O–H groups in total. The molecule has 1 aliphatic carbocycles. The summed E-state index contributed by atoms with van der Waals surface area (Å²) in [6, 6.07) is 7.22. The van der Waals surface area contributed by atoms with Gasteiger partial charge in [0.2, 0.25) is 11.8 Å². The number of carbonyl (C=O) groups is 2. The van der Waals surface area contributed by atoms with Gasteiger partial charge in [0.1, 0.15) is 5.82 Å². The molecule has 0 atom stereocenters. The number of hydrogen-bond acceptors (Lipinski definition) is 3. The fourth-order valence-electron chi connectivity index (χ4n) is 5.63. The first kappa shape index (κ1) is 21.6. The highest BCUT2D eigenvalue weighted by molar-refractivity contribution is 6.00. The van der Waals surface area contributed by atoms with E-state index in [0.29, 0.717) is 37.1 Å². The number of amides is 2. The van der Waals surface area contributed by atoms with E-state index in [1.165, 1.54) is 23.3 Å². The maximum Gasteiger partial charge on any atom is 0.249 e. The van der Waals surface area contributed by atoms with Crippen LogP contribution in [0, 0.1) is 5.82 Å². The molecule has 33 heavy (non-hydrogen) atoms. The van der Waals surface area contributed by atoms with E-state index in [4.69, 9.17) is 5.73 Å². The molecule has 0 spiro atoms. The summed E-state index contributed by atoms with van der Waals surface area (Å²) < 4.78 is 15.8. The molecule has 0 fully saturated rings. The summed E-state index contributed by atoms with van der Waals surface area (Å²) in [5, 5.41) is 0. The molecule has 0 bridgehead atoms. The lowest BCUT2D eigenvalue weighted by Crippen LogP contribution is -2.35. The van der Waals surface area contributed by atoms with Crippen molar-refractivity contribution in [3.8, 4) is 11.1 Å². The molecule has 2 heterocycles. The molecule has 0 saturated heterocycles. The summed E-state index contributed by atoms with van der Waals surface area (Å²) in [6.07, 6.45) is 4.36. The third-order valence-electron chi connectivity index (χ3n) is 7.33. The van der Waals surface area contributed by atoms with E-state index in [0.717, 1.165) is 53.7 Å². The highest BCUT2D eigenvalue weighted by Crippen LogP contribution is 2.47. The normalized spacial score (nSPS) is 17.8. The van der Waals surface area contributed by atoms with Crippen molar-refractivity contribution in [3.63, 3.8) is 0 Å². The highest BCUT2D eigenvalue weighted by atomic mass is 19.1. The van der Waals surface area contributed by atoms with Crippen LogP contribution < -0.4 is 5.73 Å². The van der Waals surface area contributed by atoms with Crippen LogP contribution in [0.1, 0.15) is 45.5 Å². The third kappa shape index (κ3) is 3.59. The molecular weight excluding hydrogens is 417 g/mol. The molecule has 2 aliphatic heterocycles. The van der Waals surface area contributed by atoms with Gasteiger partial charge >= 0.3 is 0 Å². The topological polar surface area (TPSA) is 66.6 Å². The van der Waals surface area contributed by atoms with Gasteiger partial charge in [-0.25, -0.2) is 4.39 Å². The Morgan fingerprint density at radius 3 is 2.64 bits per heavy atom. The van der Waals surface area contributed by atoms with Crippen LogP contribution >= 0.6 is 0 Å². The number of hydrogen-bond donors (Lipinski definition) is 1. The Bertz CT molecular complexity index is 1230. The first-order valence-electron chi connectivity index (χ1n) is 11.5. The molecule has 0 saturated carbocycles. The number of nitrogens with zero attached hydrogens (tertiary/aromatic N) is 2. The number of primary amides is 1. The second kappa shape index (κ2) is 8.27. The second-order valence-electron chi connectivity index (χ2n) is 9.22. The fraction of sp³-hybridized carbons (Fsp3) is 0.333. The molecule has 0 aromatic heterocycles. The number of carbonyl (C=O) groups excluding carboxylic acids is 2. The Kier molecular flexibility index (Phi) is 5.41. The molecule has 0 unspecified atom stereocenters. The number of halogens is 1. The van der Waals surface area contributed by atoms with Crippen LogP contribution in [-0.2, 0) is 24.2 Å². The molecule has 170 valence electrons. The Labute approximate surface area is 193 Å². The van der Waals surface area contributed by atoms with E-state index < -0.39 is 11.7 Å². The van der Waals surface area contributed by atoms with Gasteiger partial charge in [-0.05, 0) is 78.3 Å². The first-order chi connectivity index (χ1) is 15.9. The zero-order valence-corrected chi connectivity index (χ0v) is 18.9. The summed E-state index contributed by atoms with van der Waals surface area (Å²) in [5.74, 6) is -1.09. The average Bonchev–Trinajstić information content (AvgIpc) is 3.07. The Hall–Kier alpha value is -3.25. The predicted octanol–water partition coefficient (Wildman–Crippen LogP) is 3.70. The van der Waals surface area contributed by atoms with E-state index in [9.17, 15) is 9.59 Å². The monoisotopic (exact) mass is 445 g/mol. The third-order valence-corrected chi connectivity index (χ3v) is 7.33. The van der Waals surface area contributed by atoms with E-state index in [1.54, 1.807) is 4.90 Å². The van der Waals surface area contributed by atoms with Gasteiger partial charge in [-0.3, -0.25) is 9.59 Å². The van der Waals surface area contributed by atoms with E-state index >= 15 is 4.39 Å². The summed E-state index contributed by atoms with van der Waals surface area (Å²) in [5.41, 5.74) is 13.7. The molecule has 2 aromatic carbocycles. The summed E-state index contributed by atoms with van der Waals surface area (Å²) in [4.78, 5) is 28.4. The SMILES string of the molecule is C=CC(=O)N1CCc2c(cccc2-c2c(F)cc(C(N)=O)c3c2C2=C(CCN(C)CC2)C3)C1. The Balaban J connectivity index is 1.70. The van der Waals surface area contributed by atoms with Crippen molar-refractivity contribution in [2.45, 2.75) is 32.2 Å². The number of benzene rings is 2. The number of nitrogens with two attached hydrogens (primary N) is 1. The van der Waals surface area contributed by atoms with Crippen molar-refractivity contribution >= 4 is 17.4 Å². The molecule has 2 amide bonds. The van der Waals surface area contributed by atoms with Gasteiger partial charge in [-0.15, -0.1) is 0 Å². The van der Waals surface area contributed by atoms with E-state index in [2.05, 4.69) is 18.5 Å². The van der Waals surface area contributed by atoms with Gasteiger partial charge in [0, 0.05) is 37.3 Å². The summed E-state index contributed by atoms with van der Waals surface area (Å²) in [6.45, 7) is 6.49. The van der Waals surface area contributed by atoms with Gasteiger partial charge in [0.15, 0.2) is 0 Å². The van der Waals surface area contributed by atoms with Crippen molar-refractivity contribution in [1.82, 2.24) is 9.80 Å². The summed E-state index contributed by atoms with van der Waals surface area (Å²) >= 11 is 0. The van der Waals surface area contributed by atoms with Crippen LogP contribution in [0.2, 0.25) is 0 Å². The van der Waals surface area contributed by atoms with Crippen LogP contribution in [0.15, 0.2) is 42.5 Å². The van der Waals surface area contributed by atoms with Crippen molar-refractivity contribution in [2.24, 2.45) is 5.73 Å². The maximum absolute atomic E-state index is 15.8. The van der Waals surface area contributed by atoms with Gasteiger partial charge in [0.25, 0.3) is 0 Å². The number of fused-ring (bicyclic) bond motifs is 3. The standard InChI is InChI=1S/C27H28FN3O2/c1-3-24(32)31-12-9-18-17(15-31)5-4-6-20(18)26-23(28)14-22(27(29)33)21-13-16-7-10-30(2)11-8-19(16)25(21)26/h3-6,14H,1,7-13,15H2,2H3,(H2,29,33). The molecule has 5 nitrogen and oxygen atoms in total. The fourth-order valence-corrected chi connectivity index (χ4v) is 5.63. The lowest BCUT2D eigenvalue weighted by molar-refractivity contribution is -0.126. The molecule has 6 heteroatoms. The van der Waals surface area contributed by atoms with Crippen molar-refractivity contribution in [1.29, 1.82) is 0 Å². The Morgan fingerprint density at radius 2 is 1.88 bits per heavy atom. The van der Waals surface area contributed by atoms with Gasteiger partial charge < -0.3 is 15.5 Å². The quantitative estimate of drug-likeness (QED) is 0.733. The van der Waals surface area contributed by atoms with Gasteiger partial charge in [-0.1, -0.05) is 30.4 Å². The lowest BCUT2D eigenvalue weighted by atomic mass is 9.84. The minimum atomic E-state index is -0.583. The van der Waals surface area contributed by atoms with Crippen LogP contribution in [0.3, 0.4) is 0 Å². The molecule has 5 rings (SSSR count). The summed E-state index contributed by atoms with van der Waals surface area (Å²) in [7, 11) is 2.11. The number of rotatable bonds is 3. The minimum absolute atomic E-state index is 0.0960. The minimum Gasteiger partial charge on any atom is -0.366 e. The zero-order valence-electron chi connectivity index (χ0n) is 18.9. The smallest absolute Gasteiger partial charge is 0.249 e. The molecule has 3 aliphatic rings. The van der Waals surface area contributed by atoms with E-state index in [1.807, 2.05) is 18.2 Å². The second-order valence-corrected chi connectivity index (χ2v) is 9.22. The lowest BCUT2D eigenvalue weighted by Gasteiger charge is -2.30. The van der Waals surface area contributed by atoms with Gasteiger partial charge in [-0.2, -0.15) is 0 Å².